The maximum atomic E-state index is 13.2. The summed E-state index contributed by atoms with van der Waals surface area (Å²) < 4.78 is 47.5. The normalized spacial score (nSPS) is 11.3. The number of hydrogen-bond donors (Lipinski definition) is 1. The van der Waals surface area contributed by atoms with Gasteiger partial charge in [0.05, 0.1) is 18.9 Å². The van der Waals surface area contributed by atoms with E-state index in [4.69, 9.17) is 14.2 Å². The van der Waals surface area contributed by atoms with E-state index in [1.54, 1.807) is 54.1 Å². The molecule has 1 N–H and O–H groups in total. The van der Waals surface area contributed by atoms with Crippen LogP contribution in [0.1, 0.15) is 30.8 Å². The Hall–Kier alpha value is -4.12. The standard InChI is InChI=1S/C26H29N5O5S/c1-6-34-22-12-13-23(35-7-2)24(14-22)37(32,33)30-20-8-10-21(11-9-20)36-26-15-25(27-16-28-26)31-19(5)17(3)18(4)29-31/h8-16,30H,6-7H2,1-5H3. The third kappa shape index (κ3) is 5.83. The van der Waals surface area contributed by atoms with Crippen LogP contribution in [0.3, 0.4) is 0 Å². The second kappa shape index (κ2) is 10.9. The number of aromatic nitrogens is 4. The van der Waals surface area contributed by atoms with Crippen molar-refractivity contribution in [3.8, 4) is 28.9 Å². The van der Waals surface area contributed by atoms with Crippen molar-refractivity contribution in [1.29, 1.82) is 0 Å². The SMILES string of the molecule is CCOc1ccc(OCC)c(S(=O)(=O)Nc2ccc(Oc3cc(-n4nc(C)c(C)c4C)ncn3)cc2)c1. The zero-order valence-electron chi connectivity index (χ0n) is 21.3. The predicted octanol–water partition coefficient (Wildman–Crippen LogP) is 4.98. The van der Waals surface area contributed by atoms with Crippen molar-refractivity contribution >= 4 is 15.7 Å². The van der Waals surface area contributed by atoms with Gasteiger partial charge >= 0.3 is 0 Å². The highest BCUT2D eigenvalue weighted by molar-refractivity contribution is 7.92. The number of ether oxygens (including phenoxy) is 3. The molecule has 37 heavy (non-hydrogen) atoms. The van der Waals surface area contributed by atoms with Crippen molar-refractivity contribution in [3.05, 3.63) is 71.8 Å². The van der Waals surface area contributed by atoms with Crippen molar-refractivity contribution in [3.63, 3.8) is 0 Å². The Morgan fingerprint density at radius 3 is 2.24 bits per heavy atom. The Bertz CT molecular complexity index is 1500. The molecule has 194 valence electrons. The molecule has 0 aliphatic heterocycles. The summed E-state index contributed by atoms with van der Waals surface area (Å²) in [5.41, 5.74) is 3.36. The molecule has 4 aromatic rings. The number of hydrogen-bond acceptors (Lipinski definition) is 8. The Labute approximate surface area is 216 Å². The van der Waals surface area contributed by atoms with Gasteiger partial charge in [0.15, 0.2) is 5.82 Å². The topological polar surface area (TPSA) is 117 Å². The van der Waals surface area contributed by atoms with Crippen LogP contribution in [0.15, 0.2) is 59.8 Å². The minimum absolute atomic E-state index is 0.00599. The molecule has 0 atom stereocenters. The average molecular weight is 524 g/mol. The van der Waals surface area contributed by atoms with E-state index in [0.717, 1.165) is 17.0 Å². The maximum Gasteiger partial charge on any atom is 0.265 e. The highest BCUT2D eigenvalue weighted by atomic mass is 32.2. The third-order valence-corrected chi connectivity index (χ3v) is 7.04. The number of benzene rings is 2. The number of sulfonamides is 1. The molecule has 2 heterocycles. The van der Waals surface area contributed by atoms with Crippen molar-refractivity contribution < 1.29 is 22.6 Å². The maximum absolute atomic E-state index is 13.2. The molecule has 2 aromatic heterocycles. The van der Waals surface area contributed by atoms with Crippen molar-refractivity contribution in [2.75, 3.05) is 17.9 Å². The van der Waals surface area contributed by atoms with Gasteiger partial charge in [-0.2, -0.15) is 5.10 Å². The smallest absolute Gasteiger partial charge is 0.265 e. The summed E-state index contributed by atoms with van der Waals surface area (Å²) in [7, 11) is -3.95. The van der Waals surface area contributed by atoms with E-state index in [0.29, 0.717) is 42.1 Å². The summed E-state index contributed by atoms with van der Waals surface area (Å²) >= 11 is 0. The second-order valence-electron chi connectivity index (χ2n) is 8.13. The Morgan fingerprint density at radius 1 is 0.892 bits per heavy atom. The van der Waals surface area contributed by atoms with E-state index in [9.17, 15) is 8.42 Å². The third-order valence-electron chi connectivity index (χ3n) is 5.64. The second-order valence-corrected chi connectivity index (χ2v) is 9.78. The molecule has 10 nitrogen and oxygen atoms in total. The van der Waals surface area contributed by atoms with Crippen LogP contribution in [-0.4, -0.2) is 41.4 Å². The predicted molar refractivity (Wildman–Crippen MR) is 139 cm³/mol. The Balaban J connectivity index is 1.52. The van der Waals surface area contributed by atoms with Crippen molar-refractivity contribution in [2.45, 2.75) is 39.5 Å². The van der Waals surface area contributed by atoms with Gasteiger partial charge in [-0.1, -0.05) is 0 Å². The van der Waals surface area contributed by atoms with Crippen LogP contribution in [0.4, 0.5) is 5.69 Å². The van der Waals surface area contributed by atoms with E-state index in [1.807, 2.05) is 27.7 Å². The summed E-state index contributed by atoms with van der Waals surface area (Å²) in [6, 6.07) is 12.9. The van der Waals surface area contributed by atoms with Gasteiger partial charge in [0.25, 0.3) is 10.0 Å². The first-order chi connectivity index (χ1) is 17.7. The number of nitrogens with one attached hydrogen (secondary N) is 1. The van der Waals surface area contributed by atoms with Gasteiger partial charge in [0, 0.05) is 23.5 Å². The van der Waals surface area contributed by atoms with Gasteiger partial charge in [-0.15, -0.1) is 0 Å². The lowest BCUT2D eigenvalue weighted by molar-refractivity contribution is 0.322. The summed E-state index contributed by atoms with van der Waals surface area (Å²) in [6.45, 7) is 10.3. The van der Waals surface area contributed by atoms with Gasteiger partial charge in [0.2, 0.25) is 5.88 Å². The lowest BCUT2D eigenvalue weighted by atomic mass is 10.2. The van der Waals surface area contributed by atoms with Gasteiger partial charge in [-0.25, -0.2) is 23.1 Å². The largest absolute Gasteiger partial charge is 0.494 e. The highest BCUT2D eigenvalue weighted by Crippen LogP contribution is 2.31. The van der Waals surface area contributed by atoms with Crippen LogP contribution < -0.4 is 18.9 Å². The van der Waals surface area contributed by atoms with Gasteiger partial charge in [-0.05, 0) is 76.6 Å². The number of rotatable bonds is 10. The van der Waals surface area contributed by atoms with Crippen LogP contribution in [-0.2, 0) is 10.0 Å². The molecule has 0 spiro atoms. The fourth-order valence-electron chi connectivity index (χ4n) is 3.60. The van der Waals surface area contributed by atoms with Crippen LogP contribution >= 0.6 is 0 Å². The lowest BCUT2D eigenvalue weighted by Gasteiger charge is -2.14. The van der Waals surface area contributed by atoms with E-state index < -0.39 is 10.0 Å². The first kappa shape index (κ1) is 26.0. The molecule has 0 aliphatic carbocycles. The summed E-state index contributed by atoms with van der Waals surface area (Å²) in [4.78, 5) is 8.47. The Morgan fingerprint density at radius 2 is 1.59 bits per heavy atom. The molecule has 4 rings (SSSR count). The van der Waals surface area contributed by atoms with E-state index in [1.165, 1.54) is 12.4 Å². The first-order valence-corrected chi connectivity index (χ1v) is 13.3. The van der Waals surface area contributed by atoms with Crippen LogP contribution in [0, 0.1) is 20.8 Å². The summed E-state index contributed by atoms with van der Waals surface area (Å²) in [5, 5.41) is 4.52. The van der Waals surface area contributed by atoms with Gasteiger partial charge in [0.1, 0.15) is 28.5 Å². The summed E-state index contributed by atoms with van der Waals surface area (Å²) in [5.74, 6) is 2.08. The first-order valence-electron chi connectivity index (χ1n) is 11.8. The molecule has 0 bridgehead atoms. The van der Waals surface area contributed by atoms with E-state index in [-0.39, 0.29) is 10.6 Å². The molecule has 0 radical (unpaired) electrons. The average Bonchev–Trinajstić information content (AvgIpc) is 3.13. The Kier molecular flexibility index (Phi) is 7.63. The quantitative estimate of drug-likeness (QED) is 0.309. The van der Waals surface area contributed by atoms with Crippen LogP contribution in [0.5, 0.6) is 23.1 Å². The molecular formula is C26H29N5O5S. The monoisotopic (exact) mass is 523 g/mol. The minimum atomic E-state index is -3.95. The molecule has 2 aromatic carbocycles. The molecule has 0 aliphatic rings. The molecule has 0 saturated carbocycles. The lowest BCUT2D eigenvalue weighted by Crippen LogP contribution is -2.14. The van der Waals surface area contributed by atoms with E-state index in [2.05, 4.69) is 19.8 Å². The number of aryl methyl sites for hydroxylation is 1. The summed E-state index contributed by atoms with van der Waals surface area (Å²) in [6.07, 6.45) is 1.41. The minimum Gasteiger partial charge on any atom is -0.494 e. The molecule has 0 saturated heterocycles. The number of nitrogens with zero attached hydrogens (tertiary/aromatic N) is 4. The van der Waals surface area contributed by atoms with Crippen LogP contribution in [0.2, 0.25) is 0 Å². The zero-order valence-corrected chi connectivity index (χ0v) is 22.2. The van der Waals surface area contributed by atoms with Gasteiger partial charge in [-0.3, -0.25) is 4.72 Å². The molecule has 0 amide bonds. The van der Waals surface area contributed by atoms with Crippen LogP contribution in [0.25, 0.3) is 5.82 Å². The fraction of sp³-hybridized carbons (Fsp3) is 0.269. The van der Waals surface area contributed by atoms with E-state index >= 15 is 0 Å². The fourth-order valence-corrected chi connectivity index (χ4v) is 4.82. The molecule has 11 heteroatoms. The van der Waals surface area contributed by atoms with Crippen molar-refractivity contribution in [1.82, 2.24) is 19.7 Å². The molecular weight excluding hydrogens is 494 g/mol. The van der Waals surface area contributed by atoms with Crippen molar-refractivity contribution in [2.24, 2.45) is 0 Å². The zero-order chi connectivity index (χ0) is 26.6. The molecule has 0 fully saturated rings. The van der Waals surface area contributed by atoms with Gasteiger partial charge < -0.3 is 14.2 Å². The number of anilines is 1. The molecule has 0 unspecified atom stereocenters. The highest BCUT2D eigenvalue weighted by Gasteiger charge is 2.21.